The summed E-state index contributed by atoms with van der Waals surface area (Å²) in [7, 11) is 0. The van der Waals surface area contributed by atoms with E-state index in [9.17, 15) is 0 Å². The first-order valence-electron chi connectivity index (χ1n) is 18.9. The van der Waals surface area contributed by atoms with Crippen molar-refractivity contribution in [2.24, 2.45) is 0 Å². The van der Waals surface area contributed by atoms with Crippen molar-refractivity contribution in [3.8, 4) is 44.5 Å². The Kier molecular flexibility index (Phi) is 8.24. The molecule has 0 N–H and O–H groups in total. The van der Waals surface area contributed by atoms with Gasteiger partial charge in [0.05, 0.1) is 5.69 Å². The van der Waals surface area contributed by atoms with Gasteiger partial charge in [0, 0.05) is 16.9 Å². The van der Waals surface area contributed by atoms with Gasteiger partial charge in [0.1, 0.15) is 0 Å². The third-order valence-corrected chi connectivity index (χ3v) is 10.8. The van der Waals surface area contributed by atoms with E-state index in [2.05, 4.69) is 229 Å². The number of fused-ring (bicyclic) bond motifs is 3. The van der Waals surface area contributed by atoms with Gasteiger partial charge in [-0.05, 0) is 120 Å². The molecule has 0 amide bonds. The number of anilines is 3. The van der Waals surface area contributed by atoms with Crippen LogP contribution in [0.25, 0.3) is 76.8 Å². The third kappa shape index (κ3) is 6.22. The zero-order valence-corrected chi connectivity index (χ0v) is 30.3. The lowest BCUT2D eigenvalue weighted by Crippen LogP contribution is -2.11. The summed E-state index contributed by atoms with van der Waals surface area (Å²) in [6.45, 7) is 0. The maximum Gasteiger partial charge on any atom is 0.0546 e. The Labute approximate surface area is 322 Å². The Balaban J connectivity index is 1.11. The van der Waals surface area contributed by atoms with Gasteiger partial charge in [0.2, 0.25) is 0 Å². The lowest BCUT2D eigenvalue weighted by molar-refractivity contribution is 1.28. The summed E-state index contributed by atoms with van der Waals surface area (Å²) in [5, 5.41) is 7.47. The van der Waals surface area contributed by atoms with E-state index in [1.165, 1.54) is 76.8 Å². The molecule has 0 spiro atoms. The molecule has 0 aromatic heterocycles. The van der Waals surface area contributed by atoms with E-state index in [-0.39, 0.29) is 0 Å². The number of benzene rings is 10. The number of para-hydroxylation sites is 1. The lowest BCUT2D eigenvalue weighted by Gasteiger charge is -2.29. The smallest absolute Gasteiger partial charge is 0.0546 e. The van der Waals surface area contributed by atoms with Crippen molar-refractivity contribution in [1.82, 2.24) is 0 Å². The largest absolute Gasteiger partial charge is 0.310 e. The molecule has 0 saturated carbocycles. The normalized spacial score (nSPS) is 11.3. The van der Waals surface area contributed by atoms with Crippen molar-refractivity contribution in [2.45, 2.75) is 0 Å². The predicted molar refractivity (Wildman–Crippen MR) is 235 cm³/mol. The fourth-order valence-electron chi connectivity index (χ4n) is 8.02. The average Bonchev–Trinajstić information content (AvgIpc) is 3.26. The molecule has 0 saturated heterocycles. The molecule has 0 aliphatic heterocycles. The zero-order valence-electron chi connectivity index (χ0n) is 30.3. The number of hydrogen-bond donors (Lipinski definition) is 0. The van der Waals surface area contributed by atoms with Gasteiger partial charge in [-0.25, -0.2) is 0 Å². The van der Waals surface area contributed by atoms with E-state index in [1.54, 1.807) is 0 Å². The quantitative estimate of drug-likeness (QED) is 0.160. The molecule has 55 heavy (non-hydrogen) atoms. The van der Waals surface area contributed by atoms with Crippen LogP contribution in [0.5, 0.6) is 0 Å². The number of hydrogen-bond acceptors (Lipinski definition) is 1. The minimum absolute atomic E-state index is 1.10. The van der Waals surface area contributed by atoms with Crippen LogP contribution in [0, 0.1) is 0 Å². The molecule has 0 aliphatic rings. The van der Waals surface area contributed by atoms with Gasteiger partial charge in [-0.1, -0.05) is 176 Å². The van der Waals surface area contributed by atoms with Crippen molar-refractivity contribution < 1.29 is 0 Å². The van der Waals surface area contributed by atoms with Crippen LogP contribution in [-0.2, 0) is 0 Å². The monoisotopic (exact) mass is 699 g/mol. The number of nitrogens with zero attached hydrogens (tertiary/aromatic N) is 1. The van der Waals surface area contributed by atoms with Crippen molar-refractivity contribution in [1.29, 1.82) is 0 Å². The second kappa shape index (κ2) is 14.0. The SMILES string of the molecule is c1ccc(N(c2ccc(-c3cccc(-c4cccc5ccccc45)c3)cc2)c2cc(-c3ccc4ccccc4c3)ccc2-c2ccc3ccccc3c2)cc1. The van der Waals surface area contributed by atoms with E-state index >= 15 is 0 Å². The van der Waals surface area contributed by atoms with Gasteiger partial charge in [-0.2, -0.15) is 0 Å². The summed E-state index contributed by atoms with van der Waals surface area (Å²) in [6.07, 6.45) is 0. The predicted octanol–water partition coefficient (Wildman–Crippen LogP) is 15.3. The van der Waals surface area contributed by atoms with Crippen LogP contribution in [-0.4, -0.2) is 0 Å². The minimum atomic E-state index is 1.10. The molecule has 0 unspecified atom stereocenters. The average molecular weight is 700 g/mol. The van der Waals surface area contributed by atoms with Crippen LogP contribution in [0.3, 0.4) is 0 Å². The lowest BCUT2D eigenvalue weighted by atomic mass is 9.94. The summed E-state index contributed by atoms with van der Waals surface area (Å²) in [6, 6.07) is 81.6. The molecular formula is C54H37N. The fraction of sp³-hybridized carbons (Fsp3) is 0. The van der Waals surface area contributed by atoms with Gasteiger partial charge < -0.3 is 4.90 Å². The van der Waals surface area contributed by atoms with Crippen LogP contribution < -0.4 is 4.90 Å². The molecule has 0 aliphatic carbocycles. The summed E-state index contributed by atoms with van der Waals surface area (Å²) in [4.78, 5) is 2.41. The van der Waals surface area contributed by atoms with Gasteiger partial charge in [0.15, 0.2) is 0 Å². The van der Waals surface area contributed by atoms with E-state index in [1.807, 2.05) is 0 Å². The van der Waals surface area contributed by atoms with Crippen LogP contribution in [0.15, 0.2) is 224 Å². The Bertz CT molecular complexity index is 2970. The summed E-state index contributed by atoms with van der Waals surface area (Å²) in [5.41, 5.74) is 12.9. The van der Waals surface area contributed by atoms with Crippen molar-refractivity contribution in [2.75, 3.05) is 4.90 Å². The first-order chi connectivity index (χ1) is 27.2. The van der Waals surface area contributed by atoms with Crippen LogP contribution in [0.1, 0.15) is 0 Å². The van der Waals surface area contributed by atoms with Gasteiger partial charge in [0.25, 0.3) is 0 Å². The van der Waals surface area contributed by atoms with E-state index < -0.39 is 0 Å². The highest BCUT2D eigenvalue weighted by Gasteiger charge is 2.19. The van der Waals surface area contributed by atoms with Crippen LogP contribution in [0.2, 0.25) is 0 Å². The minimum Gasteiger partial charge on any atom is -0.310 e. The number of rotatable bonds is 7. The Morgan fingerprint density at radius 3 is 1.49 bits per heavy atom. The van der Waals surface area contributed by atoms with Crippen molar-refractivity contribution in [3.05, 3.63) is 224 Å². The Morgan fingerprint density at radius 2 is 0.727 bits per heavy atom. The highest BCUT2D eigenvalue weighted by atomic mass is 15.1. The van der Waals surface area contributed by atoms with Crippen LogP contribution >= 0.6 is 0 Å². The fourth-order valence-corrected chi connectivity index (χ4v) is 8.02. The van der Waals surface area contributed by atoms with Crippen LogP contribution in [0.4, 0.5) is 17.1 Å². The highest BCUT2D eigenvalue weighted by molar-refractivity contribution is 5.98. The molecule has 10 aromatic rings. The molecule has 0 fully saturated rings. The van der Waals surface area contributed by atoms with Gasteiger partial charge in [-0.15, -0.1) is 0 Å². The van der Waals surface area contributed by atoms with Gasteiger partial charge >= 0.3 is 0 Å². The first kappa shape index (κ1) is 32.4. The van der Waals surface area contributed by atoms with E-state index in [0.29, 0.717) is 0 Å². The second-order valence-electron chi connectivity index (χ2n) is 14.2. The molecule has 258 valence electrons. The molecule has 0 atom stereocenters. The first-order valence-corrected chi connectivity index (χ1v) is 18.9. The van der Waals surface area contributed by atoms with E-state index in [0.717, 1.165) is 17.1 Å². The van der Waals surface area contributed by atoms with E-state index in [4.69, 9.17) is 0 Å². The molecule has 0 bridgehead atoms. The third-order valence-electron chi connectivity index (χ3n) is 10.8. The van der Waals surface area contributed by atoms with Crippen molar-refractivity contribution >= 4 is 49.4 Å². The molecule has 1 heteroatoms. The highest BCUT2D eigenvalue weighted by Crippen LogP contribution is 2.44. The summed E-state index contributed by atoms with van der Waals surface area (Å²) >= 11 is 0. The molecular weight excluding hydrogens is 663 g/mol. The van der Waals surface area contributed by atoms with Gasteiger partial charge in [-0.3, -0.25) is 0 Å². The molecule has 10 rings (SSSR count). The summed E-state index contributed by atoms with van der Waals surface area (Å²) in [5.74, 6) is 0. The maximum atomic E-state index is 2.41. The molecule has 1 nitrogen and oxygen atoms in total. The Morgan fingerprint density at radius 1 is 0.236 bits per heavy atom. The second-order valence-corrected chi connectivity index (χ2v) is 14.2. The molecule has 10 aromatic carbocycles. The topological polar surface area (TPSA) is 3.24 Å². The maximum absolute atomic E-state index is 2.41. The standard InChI is InChI=1S/C54H37N/c1-2-20-49(21-3-1)55(50-31-28-40(29-32-50)44-18-10-19-47(35-44)52-23-11-17-41-14-8-9-22-51(41)52)54-37-46(45-26-24-38-12-4-6-15-42(38)34-45)30-33-53(54)48-27-25-39-13-5-7-16-43(39)36-48/h1-37H. The summed E-state index contributed by atoms with van der Waals surface area (Å²) < 4.78 is 0. The zero-order chi connectivity index (χ0) is 36.6. The Hall–Kier alpha value is -7.22. The molecule has 0 radical (unpaired) electrons. The molecule has 0 heterocycles. The van der Waals surface area contributed by atoms with Crippen molar-refractivity contribution in [3.63, 3.8) is 0 Å².